The van der Waals surface area contributed by atoms with Crippen LogP contribution >= 0.6 is 0 Å². The van der Waals surface area contributed by atoms with Gasteiger partial charge in [-0.1, -0.05) is 77.1 Å². The second-order valence-corrected chi connectivity index (χ2v) is 16.9. The van der Waals surface area contributed by atoms with Crippen LogP contribution in [0.5, 0.6) is 0 Å². The molecule has 1 aliphatic heterocycles. The number of fused-ring (bicyclic) bond motifs is 1. The Morgan fingerprint density at radius 1 is 0.924 bits per heavy atom. The Hall–Kier alpha value is -7.45. The molecule has 1 unspecified atom stereocenters. The maximum atomic E-state index is 15.1. The maximum absolute atomic E-state index is 15.1. The van der Waals surface area contributed by atoms with Crippen LogP contribution in [0.2, 0.25) is 0 Å². The third kappa shape index (κ3) is 10.6. The summed E-state index contributed by atoms with van der Waals surface area (Å²) in [6.07, 6.45) is 13.3. The molecule has 66 heavy (non-hydrogen) atoms. The summed E-state index contributed by atoms with van der Waals surface area (Å²) in [6.45, 7) is 33.8. The Bertz CT molecular complexity index is 2900. The van der Waals surface area contributed by atoms with E-state index < -0.39 is 0 Å². The molecule has 3 aromatic heterocycles. The van der Waals surface area contributed by atoms with Crippen LogP contribution in [0.4, 0.5) is 21.5 Å². The standard InChI is InChI=1S/C55H61FN10/c1-9-43-16-14-17-50(56)54(43)55-61-28-25-51(63-55)40(6)62-52-23-20-44(49-36-58-27-24-45(49)35-57)33-53(52)65-31-29-64(30-32-65)38(4)15-12-11-13-26-60-46-21-22-47-41(7)66(42(8)48(47)34-46)39(5)19-18-37(3)59-10-2/h10,14,16-17,20-25,27-28,33-34,36,39,59-60,62H,2-4,6-9,11-13,15,18-19,26,29-32H2,1,5H3. The van der Waals surface area contributed by atoms with Crippen LogP contribution in [0.3, 0.4) is 0 Å². The Morgan fingerprint density at radius 2 is 1.73 bits per heavy atom. The number of halogens is 1. The molecule has 338 valence electrons. The monoisotopic (exact) mass is 881 g/mol. The van der Waals surface area contributed by atoms with Crippen LogP contribution in [0.25, 0.3) is 52.1 Å². The summed E-state index contributed by atoms with van der Waals surface area (Å²) in [5.41, 5.74) is 9.60. The van der Waals surface area contributed by atoms with Gasteiger partial charge in [0.1, 0.15) is 5.82 Å². The number of hydrogen-bond acceptors (Lipinski definition) is 9. The second-order valence-electron chi connectivity index (χ2n) is 16.9. The van der Waals surface area contributed by atoms with Crippen LogP contribution in [0.1, 0.15) is 75.2 Å². The van der Waals surface area contributed by atoms with E-state index in [9.17, 15) is 5.26 Å². The van der Waals surface area contributed by atoms with Gasteiger partial charge >= 0.3 is 0 Å². The average Bonchev–Trinajstić information content (AvgIpc) is 3.59. The molecular weight excluding hydrogens is 820 g/mol. The number of anilines is 3. The lowest BCUT2D eigenvalue weighted by Crippen LogP contribution is -2.45. The van der Waals surface area contributed by atoms with Crippen molar-refractivity contribution < 1.29 is 4.39 Å². The van der Waals surface area contributed by atoms with Crippen molar-refractivity contribution in [2.24, 2.45) is 0 Å². The van der Waals surface area contributed by atoms with Gasteiger partial charge in [0, 0.05) is 101 Å². The lowest BCUT2D eigenvalue weighted by atomic mass is 10.0. The summed E-state index contributed by atoms with van der Waals surface area (Å²) < 4.78 is 17.3. The van der Waals surface area contributed by atoms with Crippen molar-refractivity contribution >= 4 is 46.7 Å². The van der Waals surface area contributed by atoms with E-state index in [4.69, 9.17) is 4.98 Å². The number of aryl methyl sites for hydroxylation is 1. The molecule has 0 amide bonds. The number of allylic oxidation sites excluding steroid dienone is 2. The molecule has 6 aromatic rings. The van der Waals surface area contributed by atoms with Crippen molar-refractivity contribution in [3.8, 4) is 28.6 Å². The van der Waals surface area contributed by atoms with E-state index in [1.807, 2.05) is 25.1 Å². The zero-order chi connectivity index (χ0) is 46.7. The molecule has 0 aliphatic carbocycles. The van der Waals surface area contributed by atoms with Gasteiger partial charge in [0.2, 0.25) is 0 Å². The highest BCUT2D eigenvalue weighted by molar-refractivity contribution is 5.87. The maximum Gasteiger partial charge on any atom is 0.163 e. The minimum atomic E-state index is -0.356. The molecule has 3 N–H and O–H groups in total. The van der Waals surface area contributed by atoms with Crippen LogP contribution in [-0.2, 0) is 6.42 Å². The third-order valence-electron chi connectivity index (χ3n) is 12.6. The molecule has 0 spiro atoms. The topological polar surface area (TPSA) is 110 Å². The zero-order valence-corrected chi connectivity index (χ0v) is 38.5. The molecule has 11 heteroatoms. The quantitative estimate of drug-likeness (QED) is 0.0609. The Balaban J connectivity index is 0.946. The van der Waals surface area contributed by atoms with E-state index in [-0.39, 0.29) is 11.9 Å². The molecule has 1 saturated heterocycles. The van der Waals surface area contributed by atoms with Crippen molar-refractivity contribution in [3.63, 3.8) is 0 Å². The SMILES string of the molecule is C=CNC(=C)CCC(C)n1c(=C)c2ccc(NCCCCCC(=C)N3CCN(c4cc(-c5cnccc5C#N)ccc4NC(=C)c4ccnc(-c5c(F)cccc5CC)n4)CC3)cc2c1=C. The normalized spacial score (nSPS) is 12.9. The lowest BCUT2D eigenvalue weighted by molar-refractivity contribution is 0.310. The largest absolute Gasteiger partial charge is 0.385 e. The minimum Gasteiger partial charge on any atom is -0.385 e. The van der Waals surface area contributed by atoms with E-state index >= 15 is 4.39 Å². The summed E-state index contributed by atoms with van der Waals surface area (Å²) in [4.78, 5) is 18.3. The van der Waals surface area contributed by atoms with Gasteiger partial charge in [0.05, 0.1) is 40.0 Å². The first-order valence-electron chi connectivity index (χ1n) is 22.8. The number of hydrogen-bond donors (Lipinski definition) is 3. The number of pyridine rings is 1. The van der Waals surface area contributed by atoms with Crippen molar-refractivity contribution in [2.45, 2.75) is 64.8 Å². The molecule has 10 nitrogen and oxygen atoms in total. The number of rotatable bonds is 21. The zero-order valence-electron chi connectivity index (χ0n) is 38.5. The molecule has 4 heterocycles. The van der Waals surface area contributed by atoms with E-state index in [0.29, 0.717) is 34.8 Å². The van der Waals surface area contributed by atoms with E-state index in [1.54, 1.807) is 43.0 Å². The molecule has 0 bridgehead atoms. The number of nitrogens with one attached hydrogen (secondary N) is 3. The van der Waals surface area contributed by atoms with Gasteiger partial charge in [0.25, 0.3) is 0 Å². The van der Waals surface area contributed by atoms with Crippen LogP contribution < -0.4 is 31.5 Å². The van der Waals surface area contributed by atoms with Crippen LogP contribution in [0.15, 0.2) is 129 Å². The lowest BCUT2D eigenvalue weighted by Gasteiger charge is -2.39. The first-order valence-corrected chi connectivity index (χ1v) is 22.8. The van der Waals surface area contributed by atoms with Crippen molar-refractivity contribution in [3.05, 3.63) is 163 Å². The van der Waals surface area contributed by atoms with Gasteiger partial charge in [-0.05, 0) is 105 Å². The number of nitrogens with zero attached hydrogens (tertiary/aromatic N) is 7. The number of benzene rings is 3. The van der Waals surface area contributed by atoms with Gasteiger partial charge in [-0.15, -0.1) is 0 Å². The highest BCUT2D eigenvalue weighted by Crippen LogP contribution is 2.36. The molecule has 7 rings (SSSR count). The summed E-state index contributed by atoms with van der Waals surface area (Å²) in [6, 6.07) is 23.7. The van der Waals surface area contributed by atoms with Crippen molar-refractivity contribution in [1.82, 2.24) is 29.7 Å². The molecule has 0 radical (unpaired) electrons. The van der Waals surface area contributed by atoms with Gasteiger partial charge in [-0.25, -0.2) is 14.4 Å². The minimum absolute atomic E-state index is 0.239. The van der Waals surface area contributed by atoms with Crippen molar-refractivity contribution in [2.75, 3.05) is 48.3 Å². The second kappa shape index (κ2) is 21.5. The third-order valence-corrected chi connectivity index (χ3v) is 12.6. The Kier molecular flexibility index (Phi) is 15.2. The summed E-state index contributed by atoms with van der Waals surface area (Å²) >= 11 is 0. The fraction of sp³-hybridized carbons (Fsp3) is 0.273. The fourth-order valence-corrected chi connectivity index (χ4v) is 8.89. The van der Waals surface area contributed by atoms with E-state index in [2.05, 4.69) is 117 Å². The first-order chi connectivity index (χ1) is 32.0. The van der Waals surface area contributed by atoms with Crippen LogP contribution in [-0.4, -0.2) is 57.1 Å². The predicted octanol–water partition coefficient (Wildman–Crippen LogP) is 10.5. The number of nitriles is 1. The van der Waals surface area contributed by atoms with Crippen molar-refractivity contribution in [1.29, 1.82) is 5.26 Å². The number of unbranched alkanes of at least 4 members (excludes halogenated alkanes) is 2. The van der Waals surface area contributed by atoms with Crippen LogP contribution in [0, 0.1) is 17.1 Å². The van der Waals surface area contributed by atoms with Gasteiger partial charge < -0.3 is 30.3 Å². The summed E-state index contributed by atoms with van der Waals surface area (Å²) in [7, 11) is 0. The van der Waals surface area contributed by atoms with Gasteiger partial charge in [0.15, 0.2) is 5.82 Å². The summed E-state index contributed by atoms with van der Waals surface area (Å²) in [5.74, 6) is -0.0384. The molecule has 3 aromatic carbocycles. The molecule has 1 aliphatic rings. The highest BCUT2D eigenvalue weighted by atomic mass is 19.1. The number of aromatic nitrogens is 4. The first kappa shape index (κ1) is 46.5. The van der Waals surface area contributed by atoms with Gasteiger partial charge in [-0.2, -0.15) is 5.26 Å². The molecule has 1 atom stereocenters. The Labute approximate surface area is 388 Å². The molecule has 0 saturated carbocycles. The van der Waals surface area contributed by atoms with Gasteiger partial charge in [-0.3, -0.25) is 4.98 Å². The highest BCUT2D eigenvalue weighted by Gasteiger charge is 2.23. The smallest absolute Gasteiger partial charge is 0.163 e. The summed E-state index contributed by atoms with van der Waals surface area (Å²) in [5, 5.41) is 24.4. The Morgan fingerprint density at radius 3 is 2.50 bits per heavy atom. The molecular formula is C55H61FN10. The van der Waals surface area contributed by atoms with E-state index in [0.717, 1.165) is 138 Å². The average molecular weight is 881 g/mol. The predicted molar refractivity (Wildman–Crippen MR) is 272 cm³/mol. The fourth-order valence-electron chi connectivity index (χ4n) is 8.89. The van der Waals surface area contributed by atoms with E-state index in [1.165, 1.54) is 6.07 Å². The molecule has 1 fully saturated rings. The number of piperazine rings is 1.